The van der Waals surface area contributed by atoms with E-state index in [9.17, 15) is 4.79 Å². The number of nitrogens with one attached hydrogen (secondary N) is 1. The van der Waals surface area contributed by atoms with Gasteiger partial charge in [-0.3, -0.25) is 4.79 Å². The van der Waals surface area contributed by atoms with Crippen LogP contribution in [0.25, 0.3) is 0 Å². The summed E-state index contributed by atoms with van der Waals surface area (Å²) in [6, 6.07) is 0. The molecule has 0 aliphatic carbocycles. The maximum atomic E-state index is 11.6. The number of methoxy groups -OCH3 is 1. The maximum absolute atomic E-state index is 11.6. The van der Waals surface area contributed by atoms with Crippen LogP contribution in [0.15, 0.2) is 18.7 Å². The third-order valence-corrected chi connectivity index (χ3v) is 2.49. The van der Waals surface area contributed by atoms with Crippen LogP contribution in [0.5, 0.6) is 0 Å². The molecule has 1 aromatic heterocycles. The Morgan fingerprint density at radius 1 is 1.56 bits per heavy atom. The molecule has 0 aliphatic rings. The smallest absolute Gasteiger partial charge is 0.251 e. The van der Waals surface area contributed by atoms with Gasteiger partial charge in [0.25, 0.3) is 5.91 Å². The van der Waals surface area contributed by atoms with Gasteiger partial charge in [-0.1, -0.05) is 0 Å². The molecule has 1 aromatic rings. The molecule has 0 saturated carbocycles. The summed E-state index contributed by atoms with van der Waals surface area (Å²) in [5, 5.41) is 2.84. The van der Waals surface area contributed by atoms with Crippen molar-refractivity contribution in [1.82, 2.24) is 14.9 Å². The summed E-state index contributed by atoms with van der Waals surface area (Å²) in [5.41, 5.74) is -0.755. The summed E-state index contributed by atoms with van der Waals surface area (Å²) in [7, 11) is 1.53. The van der Waals surface area contributed by atoms with Crippen LogP contribution in [-0.2, 0) is 16.1 Å². The van der Waals surface area contributed by atoms with E-state index in [4.69, 9.17) is 4.74 Å². The minimum absolute atomic E-state index is 0.0827. The van der Waals surface area contributed by atoms with Crippen LogP contribution in [0.1, 0.15) is 20.3 Å². The van der Waals surface area contributed by atoms with Gasteiger partial charge < -0.3 is 14.6 Å². The molecular weight excluding hydrogens is 206 g/mol. The first-order valence-electron chi connectivity index (χ1n) is 5.35. The lowest BCUT2D eigenvalue weighted by Crippen LogP contribution is -2.43. The zero-order valence-electron chi connectivity index (χ0n) is 10.1. The van der Waals surface area contributed by atoms with Crippen LogP contribution in [0.2, 0.25) is 0 Å². The molecule has 5 heteroatoms. The molecule has 0 spiro atoms. The van der Waals surface area contributed by atoms with Crippen LogP contribution >= 0.6 is 0 Å². The van der Waals surface area contributed by atoms with Crippen molar-refractivity contribution in [3.8, 4) is 0 Å². The van der Waals surface area contributed by atoms with E-state index < -0.39 is 5.60 Å². The molecule has 1 N–H and O–H groups in total. The summed E-state index contributed by atoms with van der Waals surface area (Å²) in [5.74, 6) is -0.0827. The Morgan fingerprint density at radius 2 is 2.31 bits per heavy atom. The van der Waals surface area contributed by atoms with E-state index >= 15 is 0 Å². The number of hydrogen-bond acceptors (Lipinski definition) is 3. The van der Waals surface area contributed by atoms with E-state index in [1.54, 1.807) is 26.4 Å². The van der Waals surface area contributed by atoms with Gasteiger partial charge in [0.15, 0.2) is 0 Å². The molecule has 1 heterocycles. The van der Waals surface area contributed by atoms with E-state index in [1.807, 2.05) is 10.8 Å². The van der Waals surface area contributed by atoms with Gasteiger partial charge in [0.05, 0.1) is 6.33 Å². The first-order chi connectivity index (χ1) is 7.56. The molecule has 5 nitrogen and oxygen atoms in total. The first-order valence-corrected chi connectivity index (χ1v) is 5.35. The standard InChI is InChI=1S/C11H19N3O2/c1-11(2,16-3)10(15)13-5-4-7-14-8-6-12-9-14/h6,8-9H,4-5,7H2,1-3H3,(H,13,15). The van der Waals surface area contributed by atoms with E-state index in [0.717, 1.165) is 13.0 Å². The van der Waals surface area contributed by atoms with Gasteiger partial charge in [-0.2, -0.15) is 0 Å². The predicted octanol–water partition coefficient (Wildman–Crippen LogP) is 0.814. The highest BCUT2D eigenvalue weighted by atomic mass is 16.5. The van der Waals surface area contributed by atoms with Crippen molar-refractivity contribution in [2.75, 3.05) is 13.7 Å². The Hall–Kier alpha value is -1.36. The second-order valence-corrected chi connectivity index (χ2v) is 4.12. The molecule has 0 aromatic carbocycles. The summed E-state index contributed by atoms with van der Waals surface area (Å²) in [4.78, 5) is 15.5. The molecule has 1 amide bonds. The largest absolute Gasteiger partial charge is 0.369 e. The summed E-state index contributed by atoms with van der Waals surface area (Å²) in [6.45, 7) is 4.99. The third kappa shape index (κ3) is 3.66. The lowest BCUT2D eigenvalue weighted by molar-refractivity contribution is -0.139. The Balaban J connectivity index is 2.18. The van der Waals surface area contributed by atoms with Crippen LogP contribution in [-0.4, -0.2) is 34.7 Å². The van der Waals surface area contributed by atoms with Gasteiger partial charge in [0.2, 0.25) is 0 Å². The van der Waals surface area contributed by atoms with Gasteiger partial charge in [0.1, 0.15) is 5.60 Å². The monoisotopic (exact) mass is 225 g/mol. The molecule has 0 bridgehead atoms. The number of nitrogens with zero attached hydrogens (tertiary/aromatic N) is 2. The molecule has 0 radical (unpaired) electrons. The van der Waals surface area contributed by atoms with E-state index in [-0.39, 0.29) is 5.91 Å². The molecule has 0 fully saturated rings. The van der Waals surface area contributed by atoms with E-state index in [2.05, 4.69) is 10.3 Å². The highest BCUT2D eigenvalue weighted by molar-refractivity contribution is 5.84. The van der Waals surface area contributed by atoms with Crippen LogP contribution < -0.4 is 5.32 Å². The number of carbonyl (C=O) groups excluding carboxylic acids is 1. The average molecular weight is 225 g/mol. The molecule has 90 valence electrons. The fraction of sp³-hybridized carbons (Fsp3) is 0.636. The number of aromatic nitrogens is 2. The van der Waals surface area contributed by atoms with Gasteiger partial charge >= 0.3 is 0 Å². The number of amides is 1. The quantitative estimate of drug-likeness (QED) is 0.729. The highest BCUT2D eigenvalue weighted by Gasteiger charge is 2.26. The van der Waals surface area contributed by atoms with Crippen molar-refractivity contribution >= 4 is 5.91 Å². The Morgan fingerprint density at radius 3 is 2.88 bits per heavy atom. The fourth-order valence-electron chi connectivity index (χ4n) is 1.19. The molecule has 16 heavy (non-hydrogen) atoms. The SMILES string of the molecule is COC(C)(C)C(=O)NCCCn1ccnc1. The van der Waals surface area contributed by atoms with E-state index in [0.29, 0.717) is 6.54 Å². The van der Waals surface area contributed by atoms with Crippen molar-refractivity contribution in [1.29, 1.82) is 0 Å². The number of carbonyl (C=O) groups is 1. The minimum atomic E-state index is -0.755. The van der Waals surface area contributed by atoms with Gasteiger partial charge in [0, 0.05) is 32.6 Å². The number of rotatable bonds is 6. The lowest BCUT2D eigenvalue weighted by Gasteiger charge is -2.21. The average Bonchev–Trinajstić information content (AvgIpc) is 2.76. The maximum Gasteiger partial charge on any atom is 0.251 e. The Labute approximate surface area is 95.8 Å². The zero-order valence-corrected chi connectivity index (χ0v) is 10.1. The molecule has 0 unspecified atom stereocenters. The van der Waals surface area contributed by atoms with Gasteiger partial charge in [-0.15, -0.1) is 0 Å². The predicted molar refractivity (Wildman–Crippen MR) is 60.9 cm³/mol. The minimum Gasteiger partial charge on any atom is -0.369 e. The normalized spacial score (nSPS) is 11.4. The molecular formula is C11H19N3O2. The zero-order chi connectivity index (χ0) is 12.0. The molecule has 0 atom stereocenters. The van der Waals surface area contributed by atoms with Crippen molar-refractivity contribution < 1.29 is 9.53 Å². The molecule has 1 rings (SSSR count). The van der Waals surface area contributed by atoms with Crippen molar-refractivity contribution in [3.05, 3.63) is 18.7 Å². The summed E-state index contributed by atoms with van der Waals surface area (Å²) >= 11 is 0. The fourth-order valence-corrected chi connectivity index (χ4v) is 1.19. The second-order valence-electron chi connectivity index (χ2n) is 4.12. The molecule has 0 aliphatic heterocycles. The number of ether oxygens (including phenoxy) is 1. The number of aryl methyl sites for hydroxylation is 1. The number of imidazole rings is 1. The van der Waals surface area contributed by atoms with Crippen LogP contribution in [0.4, 0.5) is 0 Å². The summed E-state index contributed by atoms with van der Waals surface area (Å²) in [6.07, 6.45) is 6.29. The van der Waals surface area contributed by atoms with Crippen molar-refractivity contribution in [2.45, 2.75) is 32.4 Å². The van der Waals surface area contributed by atoms with Crippen LogP contribution in [0.3, 0.4) is 0 Å². The summed E-state index contributed by atoms with van der Waals surface area (Å²) < 4.78 is 7.05. The van der Waals surface area contributed by atoms with E-state index in [1.165, 1.54) is 7.11 Å². The van der Waals surface area contributed by atoms with Gasteiger partial charge in [-0.25, -0.2) is 4.98 Å². The van der Waals surface area contributed by atoms with Crippen molar-refractivity contribution in [2.24, 2.45) is 0 Å². The van der Waals surface area contributed by atoms with Crippen molar-refractivity contribution in [3.63, 3.8) is 0 Å². The Kier molecular flexibility index (Phi) is 4.49. The van der Waals surface area contributed by atoms with Crippen LogP contribution in [0, 0.1) is 0 Å². The second kappa shape index (κ2) is 5.65. The number of hydrogen-bond donors (Lipinski definition) is 1. The lowest BCUT2D eigenvalue weighted by atomic mass is 10.1. The third-order valence-electron chi connectivity index (χ3n) is 2.49. The van der Waals surface area contributed by atoms with Gasteiger partial charge in [-0.05, 0) is 20.3 Å². The molecule has 0 saturated heterocycles. The first kappa shape index (κ1) is 12.7. The highest BCUT2D eigenvalue weighted by Crippen LogP contribution is 2.06. The topological polar surface area (TPSA) is 56.1 Å². The Bertz CT molecular complexity index is 320.